The number of rotatable bonds is 7. The zero-order chi connectivity index (χ0) is 12.7. The van der Waals surface area contributed by atoms with Crippen LogP contribution < -0.4 is 0 Å². The summed E-state index contributed by atoms with van der Waals surface area (Å²) in [5, 5.41) is -0.482. The molecular weight excluding hydrogens is 240 g/mol. The van der Waals surface area contributed by atoms with Crippen LogP contribution in [-0.2, 0) is 25.1 Å². The Balaban J connectivity index is 2.48. The highest BCUT2D eigenvalue weighted by Crippen LogP contribution is 2.17. The highest BCUT2D eigenvalue weighted by molar-refractivity contribution is 7.86. The Kier molecular flexibility index (Phi) is 6.73. The van der Waals surface area contributed by atoms with Gasteiger partial charge in [-0.2, -0.15) is 0 Å². The lowest BCUT2D eigenvalue weighted by Crippen LogP contribution is -2.32. The van der Waals surface area contributed by atoms with E-state index in [2.05, 4.69) is 6.92 Å². The number of ether oxygens (including phenoxy) is 2. The van der Waals surface area contributed by atoms with Crippen molar-refractivity contribution in [2.75, 3.05) is 19.5 Å². The van der Waals surface area contributed by atoms with Crippen molar-refractivity contribution in [3.8, 4) is 0 Å². The SMILES string of the molecule is CCCCC(C(=O)OC)S(=O)CC1CCCO1. The summed E-state index contributed by atoms with van der Waals surface area (Å²) >= 11 is 0. The van der Waals surface area contributed by atoms with Crippen molar-refractivity contribution in [2.45, 2.75) is 50.4 Å². The van der Waals surface area contributed by atoms with Crippen LogP contribution in [0.5, 0.6) is 0 Å². The average molecular weight is 262 g/mol. The van der Waals surface area contributed by atoms with Gasteiger partial charge in [0.15, 0.2) is 0 Å². The van der Waals surface area contributed by atoms with Crippen LogP contribution in [0.4, 0.5) is 0 Å². The molecule has 0 aromatic carbocycles. The van der Waals surface area contributed by atoms with E-state index < -0.39 is 16.0 Å². The molecule has 0 N–H and O–H groups in total. The van der Waals surface area contributed by atoms with Crippen LogP contribution in [0.3, 0.4) is 0 Å². The summed E-state index contributed by atoms with van der Waals surface area (Å²) < 4.78 is 22.3. The third kappa shape index (κ3) is 4.76. The lowest BCUT2D eigenvalue weighted by molar-refractivity contribution is -0.140. The van der Waals surface area contributed by atoms with Gasteiger partial charge in [0.05, 0.1) is 19.0 Å². The first kappa shape index (κ1) is 14.6. The average Bonchev–Trinajstić information content (AvgIpc) is 2.81. The summed E-state index contributed by atoms with van der Waals surface area (Å²) in [4.78, 5) is 11.6. The maximum Gasteiger partial charge on any atom is 0.321 e. The molecule has 5 heteroatoms. The Morgan fingerprint density at radius 2 is 2.35 bits per heavy atom. The van der Waals surface area contributed by atoms with Gasteiger partial charge in [0.25, 0.3) is 0 Å². The molecule has 0 amide bonds. The lowest BCUT2D eigenvalue weighted by atomic mass is 10.2. The first-order valence-electron chi connectivity index (χ1n) is 6.25. The molecule has 0 aliphatic carbocycles. The van der Waals surface area contributed by atoms with Crippen molar-refractivity contribution in [1.82, 2.24) is 0 Å². The summed E-state index contributed by atoms with van der Waals surface area (Å²) in [6.07, 6.45) is 4.57. The zero-order valence-electron chi connectivity index (χ0n) is 10.6. The Morgan fingerprint density at radius 3 is 2.88 bits per heavy atom. The molecule has 3 atom stereocenters. The number of unbranched alkanes of at least 4 members (excludes halogenated alkanes) is 1. The number of methoxy groups -OCH3 is 1. The molecule has 100 valence electrons. The third-order valence-corrected chi connectivity index (χ3v) is 4.74. The number of hydrogen-bond donors (Lipinski definition) is 0. The number of carbonyl (C=O) groups excluding carboxylic acids is 1. The van der Waals surface area contributed by atoms with Crippen molar-refractivity contribution in [3.05, 3.63) is 0 Å². The largest absolute Gasteiger partial charge is 0.468 e. The molecule has 17 heavy (non-hydrogen) atoms. The van der Waals surface area contributed by atoms with Gasteiger partial charge in [-0.1, -0.05) is 19.8 Å². The van der Waals surface area contributed by atoms with Crippen molar-refractivity contribution in [3.63, 3.8) is 0 Å². The summed E-state index contributed by atoms with van der Waals surface area (Å²) in [6.45, 7) is 2.80. The quantitative estimate of drug-likeness (QED) is 0.655. The smallest absolute Gasteiger partial charge is 0.321 e. The molecule has 0 aromatic rings. The van der Waals surface area contributed by atoms with Crippen LogP contribution in [0.1, 0.15) is 39.0 Å². The fourth-order valence-electron chi connectivity index (χ4n) is 1.95. The van der Waals surface area contributed by atoms with Gasteiger partial charge in [-0.15, -0.1) is 0 Å². The van der Waals surface area contributed by atoms with E-state index >= 15 is 0 Å². The summed E-state index contributed by atoms with van der Waals surface area (Å²) in [7, 11) is 0.173. The maximum absolute atomic E-state index is 12.1. The normalized spacial score (nSPS) is 23.3. The molecule has 0 aromatic heterocycles. The standard InChI is InChI=1S/C12H22O4S/c1-3-4-7-11(12(13)15-2)17(14)9-10-6-5-8-16-10/h10-11H,3-9H2,1-2H3. The van der Waals surface area contributed by atoms with Gasteiger partial charge in [0.1, 0.15) is 5.25 Å². The predicted molar refractivity (Wildman–Crippen MR) is 67.3 cm³/mol. The fraction of sp³-hybridized carbons (Fsp3) is 0.917. The predicted octanol–water partition coefficient (Wildman–Crippen LogP) is 1.65. The van der Waals surface area contributed by atoms with E-state index in [4.69, 9.17) is 9.47 Å². The Morgan fingerprint density at radius 1 is 1.59 bits per heavy atom. The number of hydrogen-bond acceptors (Lipinski definition) is 4. The molecule has 1 heterocycles. The first-order valence-corrected chi connectivity index (χ1v) is 7.63. The van der Waals surface area contributed by atoms with Gasteiger partial charge in [-0.3, -0.25) is 9.00 Å². The number of esters is 1. The molecule has 0 bridgehead atoms. The van der Waals surface area contributed by atoms with E-state index in [-0.39, 0.29) is 12.1 Å². The Hall–Kier alpha value is -0.420. The van der Waals surface area contributed by atoms with Crippen molar-refractivity contribution >= 4 is 16.8 Å². The zero-order valence-corrected chi connectivity index (χ0v) is 11.5. The molecule has 1 saturated heterocycles. The highest BCUT2D eigenvalue weighted by Gasteiger charge is 2.28. The monoisotopic (exact) mass is 262 g/mol. The van der Waals surface area contributed by atoms with Crippen LogP contribution in [0, 0.1) is 0 Å². The van der Waals surface area contributed by atoms with Gasteiger partial charge in [-0.05, 0) is 19.3 Å². The van der Waals surface area contributed by atoms with E-state index in [0.717, 1.165) is 32.3 Å². The minimum absolute atomic E-state index is 0.0598. The summed E-state index contributed by atoms with van der Waals surface area (Å²) in [5.74, 6) is 0.110. The highest BCUT2D eigenvalue weighted by atomic mass is 32.2. The molecule has 0 saturated carbocycles. The van der Waals surface area contributed by atoms with E-state index in [1.807, 2.05) is 0 Å². The van der Waals surface area contributed by atoms with E-state index in [0.29, 0.717) is 12.2 Å². The van der Waals surface area contributed by atoms with Gasteiger partial charge in [-0.25, -0.2) is 0 Å². The summed E-state index contributed by atoms with van der Waals surface area (Å²) in [6, 6.07) is 0. The molecule has 0 spiro atoms. The molecule has 3 unspecified atom stereocenters. The van der Waals surface area contributed by atoms with E-state index in [9.17, 15) is 9.00 Å². The Labute approximate surface area is 106 Å². The Bertz CT molecular complexity index is 261. The number of carbonyl (C=O) groups is 1. The van der Waals surface area contributed by atoms with Crippen LogP contribution in [0.15, 0.2) is 0 Å². The summed E-state index contributed by atoms with van der Waals surface area (Å²) in [5.41, 5.74) is 0. The molecule has 0 radical (unpaired) electrons. The first-order chi connectivity index (χ1) is 8.19. The molecule has 1 aliphatic heterocycles. The molecule has 1 rings (SSSR count). The van der Waals surface area contributed by atoms with Crippen molar-refractivity contribution in [1.29, 1.82) is 0 Å². The fourth-order valence-corrected chi connectivity index (χ4v) is 3.55. The van der Waals surface area contributed by atoms with Crippen LogP contribution >= 0.6 is 0 Å². The second kappa shape index (κ2) is 7.82. The van der Waals surface area contributed by atoms with Crippen LogP contribution in [-0.4, -0.2) is 41.0 Å². The minimum atomic E-state index is -1.18. The second-order valence-electron chi connectivity index (χ2n) is 4.34. The lowest BCUT2D eigenvalue weighted by Gasteiger charge is -2.16. The molecule has 1 fully saturated rings. The maximum atomic E-state index is 12.1. The molecular formula is C12H22O4S. The van der Waals surface area contributed by atoms with E-state index in [1.54, 1.807) is 0 Å². The van der Waals surface area contributed by atoms with Crippen molar-refractivity contribution < 1.29 is 18.5 Å². The molecule has 1 aliphatic rings. The van der Waals surface area contributed by atoms with Crippen LogP contribution in [0.2, 0.25) is 0 Å². The van der Waals surface area contributed by atoms with E-state index in [1.165, 1.54) is 7.11 Å². The van der Waals surface area contributed by atoms with Gasteiger partial charge >= 0.3 is 5.97 Å². The third-order valence-electron chi connectivity index (χ3n) is 2.98. The van der Waals surface area contributed by atoms with Crippen LogP contribution in [0.25, 0.3) is 0 Å². The molecule has 4 nitrogen and oxygen atoms in total. The second-order valence-corrected chi connectivity index (χ2v) is 6.00. The minimum Gasteiger partial charge on any atom is -0.468 e. The van der Waals surface area contributed by atoms with Gasteiger partial charge in [0, 0.05) is 17.4 Å². The van der Waals surface area contributed by atoms with Gasteiger partial charge < -0.3 is 9.47 Å². The van der Waals surface area contributed by atoms with Gasteiger partial charge in [0.2, 0.25) is 0 Å². The topological polar surface area (TPSA) is 52.6 Å². The van der Waals surface area contributed by atoms with Crippen molar-refractivity contribution in [2.24, 2.45) is 0 Å².